The van der Waals surface area contributed by atoms with Crippen molar-refractivity contribution in [1.29, 1.82) is 0 Å². The third-order valence-corrected chi connectivity index (χ3v) is 7.99. The average molecular weight is 650 g/mol. The molecule has 4 atom stereocenters. The molecule has 4 rings (SSSR count). The van der Waals surface area contributed by atoms with E-state index in [2.05, 4.69) is 47.4 Å². The molecule has 2 fully saturated rings. The van der Waals surface area contributed by atoms with Crippen LogP contribution in [-0.2, 0) is 9.47 Å². The zero-order valence-corrected chi connectivity index (χ0v) is 28.9. The Bertz CT molecular complexity index is 1090. The monoisotopic (exact) mass is 649 g/mol. The molecule has 0 radical (unpaired) electrons. The van der Waals surface area contributed by atoms with Crippen molar-refractivity contribution < 1.29 is 30.0 Å². The number of alkyl halides is 1. The number of hydrogen-bond acceptors (Lipinski definition) is 8. The molecule has 2 aromatic carbocycles. The molecule has 2 heterocycles. The van der Waals surface area contributed by atoms with Crippen LogP contribution >= 0.6 is 11.6 Å². The van der Waals surface area contributed by atoms with Crippen molar-refractivity contribution in [3.8, 4) is 11.5 Å². The normalized spacial score (nSPS) is 21.2. The SMILES string of the molecule is CC1CNCC(C)C1.COC(=O)c1ccc(OCCCCl)cc1.COC(=O)c1ccc(OCCCN2CC(C)CC(C)C2)cc1.[2HH]. The molecule has 2 aliphatic heterocycles. The largest absolute Gasteiger partial charge is 0.494 e. The molecule has 4 unspecified atom stereocenters. The van der Waals surface area contributed by atoms with E-state index in [9.17, 15) is 9.59 Å². The van der Waals surface area contributed by atoms with Crippen molar-refractivity contribution in [2.75, 3.05) is 66.0 Å². The van der Waals surface area contributed by atoms with Crippen LogP contribution in [0.5, 0.6) is 11.5 Å². The maximum absolute atomic E-state index is 11.3. The number of carbonyl (C=O) groups excluding carboxylic acids is 2. The highest BCUT2D eigenvalue weighted by molar-refractivity contribution is 6.17. The summed E-state index contributed by atoms with van der Waals surface area (Å²) in [5, 5.41) is 3.38. The lowest BCUT2D eigenvalue weighted by Crippen LogP contribution is -2.39. The molecule has 0 aliphatic carbocycles. The minimum Gasteiger partial charge on any atom is -0.494 e. The van der Waals surface area contributed by atoms with Gasteiger partial charge in [0.1, 0.15) is 11.5 Å². The van der Waals surface area contributed by atoms with Crippen molar-refractivity contribution in [3.63, 3.8) is 0 Å². The molecule has 2 aliphatic rings. The maximum Gasteiger partial charge on any atom is 0.337 e. The molecule has 0 aromatic heterocycles. The summed E-state index contributed by atoms with van der Waals surface area (Å²) in [4.78, 5) is 25.0. The molecule has 0 amide bonds. The molecule has 2 saturated heterocycles. The fraction of sp³-hybridized carbons (Fsp3) is 0.611. The molecule has 2 aromatic rings. The quantitative estimate of drug-likeness (QED) is 0.155. The van der Waals surface area contributed by atoms with Crippen LogP contribution in [0.3, 0.4) is 0 Å². The molecule has 9 heteroatoms. The van der Waals surface area contributed by atoms with Gasteiger partial charge in [0, 0.05) is 26.9 Å². The number of likely N-dealkylation sites (tertiary alicyclic amines) is 1. The van der Waals surface area contributed by atoms with Gasteiger partial charge in [-0.1, -0.05) is 27.7 Å². The van der Waals surface area contributed by atoms with Gasteiger partial charge >= 0.3 is 11.9 Å². The smallest absolute Gasteiger partial charge is 0.337 e. The zero-order chi connectivity index (χ0) is 33.0. The second-order valence-corrected chi connectivity index (χ2v) is 12.8. The number of carbonyl (C=O) groups is 2. The Morgan fingerprint density at radius 3 is 1.53 bits per heavy atom. The Balaban J connectivity index is 0.000000380. The second kappa shape index (κ2) is 21.8. The fourth-order valence-electron chi connectivity index (χ4n) is 5.74. The van der Waals surface area contributed by atoms with E-state index < -0.39 is 0 Å². The van der Waals surface area contributed by atoms with Crippen LogP contribution in [-0.4, -0.2) is 82.9 Å². The van der Waals surface area contributed by atoms with E-state index in [1.807, 2.05) is 12.1 Å². The van der Waals surface area contributed by atoms with Gasteiger partial charge in [0.25, 0.3) is 0 Å². The summed E-state index contributed by atoms with van der Waals surface area (Å²) in [6, 6.07) is 13.9. The highest BCUT2D eigenvalue weighted by Gasteiger charge is 2.21. The summed E-state index contributed by atoms with van der Waals surface area (Å²) >= 11 is 5.51. The van der Waals surface area contributed by atoms with Crippen LogP contribution in [0.4, 0.5) is 0 Å². The molecular weight excluding hydrogens is 592 g/mol. The van der Waals surface area contributed by atoms with E-state index in [4.69, 9.17) is 21.1 Å². The first kappa shape index (κ1) is 38.4. The number of piperidine rings is 2. The molecular formula is C36H57ClN2O6. The second-order valence-electron chi connectivity index (χ2n) is 12.4. The van der Waals surface area contributed by atoms with Crippen LogP contribution < -0.4 is 14.8 Å². The number of nitrogens with zero attached hydrogens (tertiary/aromatic N) is 1. The van der Waals surface area contributed by atoms with Crippen LogP contribution in [0.25, 0.3) is 0 Å². The summed E-state index contributed by atoms with van der Waals surface area (Å²) in [6.45, 7) is 16.5. The lowest BCUT2D eigenvalue weighted by Gasteiger charge is -2.34. The molecule has 45 heavy (non-hydrogen) atoms. The van der Waals surface area contributed by atoms with E-state index in [0.717, 1.165) is 54.6 Å². The summed E-state index contributed by atoms with van der Waals surface area (Å²) in [7, 11) is 2.74. The topological polar surface area (TPSA) is 86.3 Å². The first-order chi connectivity index (χ1) is 21.6. The Morgan fingerprint density at radius 1 is 0.733 bits per heavy atom. The van der Waals surface area contributed by atoms with E-state index in [-0.39, 0.29) is 13.4 Å². The fourth-order valence-corrected chi connectivity index (χ4v) is 5.85. The van der Waals surface area contributed by atoms with Gasteiger partial charge in [0.15, 0.2) is 0 Å². The van der Waals surface area contributed by atoms with E-state index in [1.165, 1.54) is 53.2 Å². The van der Waals surface area contributed by atoms with Crippen LogP contribution in [0, 0.1) is 23.7 Å². The number of rotatable bonds is 11. The molecule has 8 nitrogen and oxygen atoms in total. The Hall–Kier alpha value is -2.81. The number of ether oxygens (including phenoxy) is 4. The molecule has 0 saturated carbocycles. The minimum absolute atomic E-state index is 0. The van der Waals surface area contributed by atoms with Gasteiger partial charge in [-0.3, -0.25) is 0 Å². The van der Waals surface area contributed by atoms with Crippen molar-refractivity contribution >= 4 is 23.5 Å². The van der Waals surface area contributed by atoms with Crippen molar-refractivity contribution in [1.82, 2.24) is 10.2 Å². The van der Waals surface area contributed by atoms with E-state index in [0.29, 0.717) is 30.2 Å². The number of methoxy groups -OCH3 is 2. The Kier molecular flexibility index (Phi) is 18.6. The average Bonchev–Trinajstić information content (AvgIpc) is 3.03. The lowest BCUT2D eigenvalue weighted by atomic mass is 9.92. The van der Waals surface area contributed by atoms with Gasteiger partial charge in [0.2, 0.25) is 0 Å². The number of halogens is 1. The minimum atomic E-state index is -0.345. The van der Waals surface area contributed by atoms with Gasteiger partial charge in [0.05, 0.1) is 38.6 Å². The Labute approximate surface area is 277 Å². The lowest BCUT2D eigenvalue weighted by molar-refractivity contribution is 0.0591. The van der Waals surface area contributed by atoms with E-state index >= 15 is 0 Å². The summed E-state index contributed by atoms with van der Waals surface area (Å²) in [5.74, 6) is 4.85. The van der Waals surface area contributed by atoms with Crippen LogP contribution in [0.2, 0.25) is 0 Å². The number of benzene rings is 2. The molecule has 254 valence electrons. The van der Waals surface area contributed by atoms with Crippen LogP contribution in [0.1, 0.15) is 75.5 Å². The number of hydrogen-bond donors (Lipinski definition) is 1. The van der Waals surface area contributed by atoms with Gasteiger partial charge in [-0.25, -0.2) is 9.59 Å². The number of esters is 2. The van der Waals surface area contributed by atoms with Gasteiger partial charge in [-0.15, -0.1) is 11.6 Å². The predicted octanol–water partition coefficient (Wildman–Crippen LogP) is 7.20. The summed E-state index contributed by atoms with van der Waals surface area (Å²) < 4.78 is 20.4. The third kappa shape index (κ3) is 15.8. The number of nitrogens with one attached hydrogen (secondary N) is 1. The highest BCUT2D eigenvalue weighted by atomic mass is 35.5. The van der Waals surface area contributed by atoms with Crippen molar-refractivity contribution in [2.45, 2.75) is 53.4 Å². The summed E-state index contributed by atoms with van der Waals surface area (Å²) in [6.07, 6.45) is 4.59. The first-order valence-corrected chi connectivity index (χ1v) is 16.8. The molecule has 0 bridgehead atoms. The van der Waals surface area contributed by atoms with E-state index in [1.54, 1.807) is 36.4 Å². The van der Waals surface area contributed by atoms with Gasteiger partial charge in [-0.2, -0.15) is 0 Å². The van der Waals surface area contributed by atoms with Crippen LogP contribution in [0.15, 0.2) is 48.5 Å². The Morgan fingerprint density at radius 2 is 1.16 bits per heavy atom. The maximum atomic E-state index is 11.3. The summed E-state index contributed by atoms with van der Waals surface area (Å²) in [5.41, 5.74) is 1.06. The molecule has 0 spiro atoms. The molecule has 1 N–H and O–H groups in total. The zero-order valence-electron chi connectivity index (χ0n) is 28.2. The third-order valence-electron chi connectivity index (χ3n) is 7.72. The van der Waals surface area contributed by atoms with Crippen molar-refractivity contribution in [2.24, 2.45) is 23.7 Å². The van der Waals surface area contributed by atoms with Gasteiger partial charge < -0.3 is 29.2 Å². The highest BCUT2D eigenvalue weighted by Crippen LogP contribution is 2.21. The van der Waals surface area contributed by atoms with Gasteiger partial charge in [-0.05, 0) is 111 Å². The predicted molar refractivity (Wildman–Crippen MR) is 184 cm³/mol. The standard InChI is InChI=1S/C18H27NO3.C11H13ClO3.C7H15N.H2/c1-14-11-15(2)13-19(12-14)9-4-10-22-17-7-5-16(6-8-17)18(20)21-3;1-14-11(13)9-3-5-10(6-4-9)15-8-2-7-12;1-6-3-7(2)5-8-4-6;/h5-8,14-15H,4,9-13H2,1-3H3;3-6H,2,7-8H2,1H3;6-8H,3-5H2,1-2H3;1H/i;;;1+1. The van der Waals surface area contributed by atoms with Crippen molar-refractivity contribution in [3.05, 3.63) is 59.7 Å². The first-order valence-electron chi connectivity index (χ1n) is 16.3.